The number of aromatic nitrogens is 1. The molecule has 0 saturated carbocycles. The third-order valence-corrected chi connectivity index (χ3v) is 5.98. The van der Waals surface area contributed by atoms with E-state index in [9.17, 15) is 5.26 Å². The Hall–Kier alpha value is -2.36. The average Bonchev–Trinajstić information content (AvgIpc) is 2.92. The van der Waals surface area contributed by atoms with Crippen LogP contribution in [0.5, 0.6) is 5.75 Å². The molecule has 2 N–H and O–H groups in total. The van der Waals surface area contributed by atoms with E-state index in [1.165, 1.54) is 0 Å². The fourth-order valence-electron chi connectivity index (χ4n) is 3.25. The molecule has 2 aromatic heterocycles. The van der Waals surface area contributed by atoms with E-state index in [1.54, 1.807) is 11.3 Å². The van der Waals surface area contributed by atoms with Crippen LogP contribution in [0.25, 0.3) is 10.2 Å². The molecular weight excluding hydrogens is 398 g/mol. The lowest BCUT2D eigenvalue weighted by Gasteiger charge is -2.24. The van der Waals surface area contributed by atoms with Gasteiger partial charge in [0, 0.05) is 10.2 Å². The zero-order valence-corrected chi connectivity index (χ0v) is 16.0. The van der Waals surface area contributed by atoms with Crippen molar-refractivity contribution in [2.24, 2.45) is 5.73 Å². The minimum Gasteiger partial charge on any atom is -0.439 e. The maximum Gasteiger partial charge on any atom is 0.205 e. The van der Waals surface area contributed by atoms with Gasteiger partial charge in [-0.15, -0.1) is 11.3 Å². The van der Waals surface area contributed by atoms with Crippen molar-refractivity contribution < 1.29 is 4.74 Å². The number of thiophene rings is 1. The van der Waals surface area contributed by atoms with Gasteiger partial charge < -0.3 is 10.5 Å². The van der Waals surface area contributed by atoms with Crippen LogP contribution in [-0.4, -0.2) is 4.98 Å². The predicted octanol–water partition coefficient (Wildman–Crippen LogP) is 4.89. The van der Waals surface area contributed by atoms with Crippen LogP contribution in [0.1, 0.15) is 27.6 Å². The molecule has 1 atom stereocenters. The van der Waals surface area contributed by atoms with E-state index in [-0.39, 0.29) is 11.8 Å². The number of benzene rings is 1. The van der Waals surface area contributed by atoms with Crippen LogP contribution < -0.4 is 10.5 Å². The highest BCUT2D eigenvalue weighted by Gasteiger charge is 2.34. The number of pyridine rings is 1. The number of halogens is 1. The molecule has 6 heteroatoms. The highest BCUT2D eigenvalue weighted by atomic mass is 79.9. The normalized spacial score (nSPS) is 16.5. The lowest BCUT2D eigenvalue weighted by atomic mass is 9.88. The molecule has 25 heavy (non-hydrogen) atoms. The minimum absolute atomic E-state index is 0.169. The first-order chi connectivity index (χ1) is 12.0. The molecule has 0 spiro atoms. The number of allylic oxidation sites excluding steroid dienone is 1. The summed E-state index contributed by atoms with van der Waals surface area (Å²) in [6.07, 6.45) is 0. The van der Waals surface area contributed by atoms with Gasteiger partial charge in [0.15, 0.2) is 5.75 Å². The zero-order chi connectivity index (χ0) is 17.7. The number of aryl methyl sites for hydroxylation is 2. The maximum absolute atomic E-state index is 9.66. The number of hydrogen-bond acceptors (Lipinski definition) is 5. The monoisotopic (exact) mass is 411 g/mol. The average molecular weight is 412 g/mol. The molecule has 0 radical (unpaired) electrons. The summed E-state index contributed by atoms with van der Waals surface area (Å²) in [4.78, 5) is 6.54. The molecular formula is C19H14BrN3OS. The van der Waals surface area contributed by atoms with Gasteiger partial charge in [0.25, 0.3) is 0 Å². The Labute approximate surface area is 157 Å². The van der Waals surface area contributed by atoms with Crippen molar-refractivity contribution >= 4 is 37.5 Å². The second-order valence-corrected chi connectivity index (χ2v) is 7.98. The fraction of sp³-hybridized carbons (Fsp3) is 0.158. The van der Waals surface area contributed by atoms with Crippen LogP contribution in [-0.2, 0) is 0 Å². The summed E-state index contributed by atoms with van der Waals surface area (Å²) in [5.41, 5.74) is 9.61. The molecule has 3 aromatic rings. The quantitative estimate of drug-likeness (QED) is 0.618. The van der Waals surface area contributed by atoms with Gasteiger partial charge in [0.1, 0.15) is 16.5 Å². The second-order valence-electron chi connectivity index (χ2n) is 6.03. The van der Waals surface area contributed by atoms with Crippen molar-refractivity contribution in [2.75, 3.05) is 0 Å². The number of nitrogens with zero attached hydrogens (tertiary/aromatic N) is 2. The Kier molecular flexibility index (Phi) is 3.78. The van der Waals surface area contributed by atoms with E-state index in [2.05, 4.69) is 27.0 Å². The minimum atomic E-state index is -0.235. The molecule has 124 valence electrons. The van der Waals surface area contributed by atoms with E-state index >= 15 is 0 Å². The number of nitriles is 1. The van der Waals surface area contributed by atoms with Crippen molar-refractivity contribution in [1.29, 1.82) is 5.26 Å². The Bertz CT molecular complexity index is 1080. The van der Waals surface area contributed by atoms with Gasteiger partial charge in [-0.1, -0.05) is 28.1 Å². The first-order valence-corrected chi connectivity index (χ1v) is 9.34. The first-order valence-electron chi connectivity index (χ1n) is 7.73. The summed E-state index contributed by atoms with van der Waals surface area (Å²) in [6, 6.07) is 12.2. The lowest BCUT2D eigenvalue weighted by Crippen LogP contribution is -2.19. The van der Waals surface area contributed by atoms with Crippen LogP contribution in [0.4, 0.5) is 0 Å². The molecule has 0 aliphatic carbocycles. The third kappa shape index (κ3) is 2.51. The number of rotatable bonds is 1. The lowest BCUT2D eigenvalue weighted by molar-refractivity contribution is 0.401. The fourth-order valence-corrected chi connectivity index (χ4v) is 4.88. The highest BCUT2D eigenvalue weighted by Crippen LogP contribution is 2.50. The summed E-state index contributed by atoms with van der Waals surface area (Å²) in [6.45, 7) is 4.02. The molecule has 3 heterocycles. The summed E-state index contributed by atoms with van der Waals surface area (Å²) in [5.74, 6) is 0.665. The van der Waals surface area contributed by atoms with Crippen LogP contribution >= 0.6 is 27.3 Å². The van der Waals surface area contributed by atoms with Gasteiger partial charge in [-0.05, 0) is 43.2 Å². The van der Waals surface area contributed by atoms with Gasteiger partial charge in [-0.2, -0.15) is 5.26 Å². The Morgan fingerprint density at radius 2 is 2.00 bits per heavy atom. The molecule has 1 aliphatic heterocycles. The van der Waals surface area contributed by atoms with E-state index < -0.39 is 0 Å². The summed E-state index contributed by atoms with van der Waals surface area (Å²) < 4.78 is 6.87. The summed E-state index contributed by atoms with van der Waals surface area (Å²) in [5, 5.41) is 10.6. The van der Waals surface area contributed by atoms with E-state index in [1.807, 2.05) is 44.2 Å². The Balaban J connectivity index is 2.02. The van der Waals surface area contributed by atoms with Crippen LogP contribution in [0.2, 0.25) is 0 Å². The van der Waals surface area contributed by atoms with Crippen LogP contribution in [0.3, 0.4) is 0 Å². The van der Waals surface area contributed by atoms with Crippen molar-refractivity contribution in [1.82, 2.24) is 4.98 Å². The number of hydrogen-bond donors (Lipinski definition) is 1. The molecule has 0 fully saturated rings. The van der Waals surface area contributed by atoms with Gasteiger partial charge in [0.2, 0.25) is 5.88 Å². The van der Waals surface area contributed by atoms with Crippen molar-refractivity contribution in [3.63, 3.8) is 0 Å². The third-order valence-electron chi connectivity index (χ3n) is 4.32. The van der Waals surface area contributed by atoms with Crippen molar-refractivity contribution in [2.45, 2.75) is 19.8 Å². The molecule has 0 saturated heterocycles. The van der Waals surface area contributed by atoms with Gasteiger partial charge in [0.05, 0.1) is 16.2 Å². The smallest absolute Gasteiger partial charge is 0.205 e. The Morgan fingerprint density at radius 3 is 2.68 bits per heavy atom. The van der Waals surface area contributed by atoms with Crippen molar-refractivity contribution in [3.8, 4) is 11.8 Å². The summed E-state index contributed by atoms with van der Waals surface area (Å²) in [7, 11) is 0. The molecule has 1 aliphatic rings. The second kappa shape index (κ2) is 5.87. The van der Waals surface area contributed by atoms with Crippen LogP contribution in [0, 0.1) is 25.2 Å². The maximum atomic E-state index is 9.66. The zero-order valence-electron chi connectivity index (χ0n) is 13.6. The van der Waals surface area contributed by atoms with Gasteiger partial charge in [-0.3, -0.25) is 0 Å². The SMILES string of the molecule is Cc1cc(C)c2c3c(sc2n1)[C@H](c1ccc(Br)cc1)C(C#N)=C(N)O3. The largest absolute Gasteiger partial charge is 0.439 e. The topological polar surface area (TPSA) is 71.9 Å². The standard InChI is InChI=1S/C19H14BrN3OS/c1-9-7-10(2)23-19-14(9)16-17(25-19)15(13(8-21)18(22)24-16)11-3-5-12(20)6-4-11/h3-7,15H,22H2,1-2H3/t15-/m1/s1. The summed E-state index contributed by atoms with van der Waals surface area (Å²) >= 11 is 5.02. The molecule has 1 aromatic carbocycles. The molecule has 0 bridgehead atoms. The van der Waals surface area contributed by atoms with Crippen LogP contribution in [0.15, 0.2) is 46.3 Å². The van der Waals surface area contributed by atoms with E-state index in [4.69, 9.17) is 10.5 Å². The van der Waals surface area contributed by atoms with Gasteiger partial charge >= 0.3 is 0 Å². The molecule has 0 amide bonds. The Morgan fingerprint density at radius 1 is 1.28 bits per heavy atom. The van der Waals surface area contributed by atoms with Crippen molar-refractivity contribution in [3.05, 3.63) is 68.0 Å². The molecule has 0 unspecified atom stereocenters. The number of fused-ring (bicyclic) bond motifs is 3. The molecule has 4 nitrogen and oxygen atoms in total. The number of nitrogens with two attached hydrogens (primary N) is 1. The predicted molar refractivity (Wildman–Crippen MR) is 103 cm³/mol. The van der Waals surface area contributed by atoms with E-state index in [0.717, 1.165) is 42.1 Å². The highest BCUT2D eigenvalue weighted by molar-refractivity contribution is 9.10. The molecule has 4 rings (SSSR count). The van der Waals surface area contributed by atoms with Gasteiger partial charge in [-0.25, -0.2) is 4.98 Å². The first kappa shape index (κ1) is 16.1. The number of ether oxygens (including phenoxy) is 1. The van der Waals surface area contributed by atoms with E-state index in [0.29, 0.717) is 5.57 Å².